The minimum Gasteiger partial charge on any atom is -0.423 e. The molecule has 0 radical (unpaired) electrons. The molecule has 0 saturated heterocycles. The van der Waals surface area contributed by atoms with Crippen LogP contribution in [0.4, 0.5) is 0 Å². The second-order valence-corrected chi connectivity index (χ2v) is 8.40. The number of hydrogen-bond donors (Lipinski definition) is 0. The van der Waals surface area contributed by atoms with Crippen LogP contribution in [0.1, 0.15) is 28.4 Å². The van der Waals surface area contributed by atoms with Crippen LogP contribution in [-0.4, -0.2) is 20.6 Å². The van der Waals surface area contributed by atoms with E-state index in [2.05, 4.69) is 0 Å². The molecule has 140 valence electrons. The lowest BCUT2D eigenvalue weighted by Crippen LogP contribution is -2.10. The SMILES string of the molecule is CCc1cc(=O)oc2cc(OC(=O)c3cccc(CS(C)(=O)=O)c3)ccc12. The van der Waals surface area contributed by atoms with E-state index in [1.54, 1.807) is 30.3 Å². The molecule has 1 heterocycles. The molecule has 7 heteroatoms. The van der Waals surface area contributed by atoms with Crippen molar-refractivity contribution in [2.45, 2.75) is 19.1 Å². The number of carbonyl (C=O) groups excluding carboxylic acids is 1. The number of benzene rings is 2. The summed E-state index contributed by atoms with van der Waals surface area (Å²) >= 11 is 0. The smallest absolute Gasteiger partial charge is 0.343 e. The van der Waals surface area contributed by atoms with Gasteiger partial charge in [-0.25, -0.2) is 18.0 Å². The van der Waals surface area contributed by atoms with Crippen LogP contribution in [0.2, 0.25) is 0 Å². The van der Waals surface area contributed by atoms with Gasteiger partial charge in [0.2, 0.25) is 0 Å². The molecule has 6 nitrogen and oxygen atoms in total. The molecular formula is C20H18O6S. The molecule has 3 aromatic rings. The summed E-state index contributed by atoms with van der Waals surface area (Å²) in [5, 5.41) is 0.784. The number of hydrogen-bond acceptors (Lipinski definition) is 6. The first-order chi connectivity index (χ1) is 12.7. The molecule has 0 fully saturated rings. The Kier molecular flexibility index (Phi) is 5.14. The lowest BCUT2D eigenvalue weighted by atomic mass is 10.1. The highest BCUT2D eigenvalue weighted by molar-refractivity contribution is 7.89. The third kappa shape index (κ3) is 4.62. The van der Waals surface area contributed by atoms with Crippen molar-refractivity contribution in [1.29, 1.82) is 0 Å². The largest absolute Gasteiger partial charge is 0.423 e. The van der Waals surface area contributed by atoms with Crippen molar-refractivity contribution in [2.75, 3.05) is 6.26 Å². The lowest BCUT2D eigenvalue weighted by Gasteiger charge is -2.08. The van der Waals surface area contributed by atoms with Gasteiger partial charge in [0.15, 0.2) is 9.84 Å². The van der Waals surface area contributed by atoms with Gasteiger partial charge in [-0.05, 0) is 41.8 Å². The standard InChI is InChI=1S/C20H18O6S/c1-3-14-10-19(21)26-18-11-16(7-8-17(14)18)25-20(22)15-6-4-5-13(9-15)12-27(2,23)24/h4-11H,3,12H2,1-2H3. The van der Waals surface area contributed by atoms with Crippen LogP contribution in [0, 0.1) is 0 Å². The summed E-state index contributed by atoms with van der Waals surface area (Å²) in [5.41, 5.74) is 1.48. The fourth-order valence-electron chi connectivity index (χ4n) is 2.82. The van der Waals surface area contributed by atoms with Crippen molar-refractivity contribution in [3.8, 4) is 5.75 Å². The Balaban J connectivity index is 1.88. The van der Waals surface area contributed by atoms with Gasteiger partial charge in [-0.2, -0.15) is 0 Å². The number of fused-ring (bicyclic) bond motifs is 1. The zero-order valence-electron chi connectivity index (χ0n) is 14.9. The summed E-state index contributed by atoms with van der Waals surface area (Å²) in [6.07, 6.45) is 1.81. The molecule has 0 bridgehead atoms. The van der Waals surface area contributed by atoms with Crippen LogP contribution >= 0.6 is 0 Å². The Labute approximate surface area is 156 Å². The fourth-order valence-corrected chi connectivity index (χ4v) is 3.61. The minimum absolute atomic E-state index is 0.158. The van der Waals surface area contributed by atoms with E-state index < -0.39 is 21.4 Å². The van der Waals surface area contributed by atoms with Gasteiger partial charge in [-0.3, -0.25) is 0 Å². The molecule has 0 saturated carbocycles. The highest BCUT2D eigenvalue weighted by Gasteiger charge is 2.13. The van der Waals surface area contributed by atoms with E-state index in [0.29, 0.717) is 17.6 Å². The van der Waals surface area contributed by atoms with Gasteiger partial charge in [0, 0.05) is 23.8 Å². The predicted octanol–water partition coefficient (Wildman–Crippen LogP) is 3.12. The van der Waals surface area contributed by atoms with Crippen LogP contribution in [-0.2, 0) is 22.0 Å². The summed E-state index contributed by atoms with van der Waals surface area (Å²) in [6, 6.07) is 12.6. The van der Waals surface area contributed by atoms with Crippen molar-refractivity contribution < 1.29 is 22.4 Å². The van der Waals surface area contributed by atoms with Gasteiger partial charge in [-0.15, -0.1) is 0 Å². The number of carbonyl (C=O) groups is 1. The van der Waals surface area contributed by atoms with Crippen LogP contribution in [0.15, 0.2) is 57.7 Å². The number of ether oxygens (including phenoxy) is 1. The molecule has 0 aliphatic heterocycles. The average molecular weight is 386 g/mol. The van der Waals surface area contributed by atoms with E-state index in [0.717, 1.165) is 17.2 Å². The number of esters is 1. The number of sulfone groups is 1. The summed E-state index contributed by atoms with van der Waals surface area (Å²) in [6.45, 7) is 1.94. The first-order valence-electron chi connectivity index (χ1n) is 8.31. The third-order valence-corrected chi connectivity index (χ3v) is 4.84. The van der Waals surface area contributed by atoms with Crippen LogP contribution in [0.5, 0.6) is 5.75 Å². The van der Waals surface area contributed by atoms with E-state index >= 15 is 0 Å². The first kappa shape index (κ1) is 18.8. The molecule has 0 aliphatic carbocycles. The summed E-state index contributed by atoms with van der Waals surface area (Å²) in [5.74, 6) is -0.550. The molecule has 2 aromatic carbocycles. The van der Waals surface area contributed by atoms with E-state index in [4.69, 9.17) is 9.15 Å². The van der Waals surface area contributed by atoms with Crippen molar-refractivity contribution in [3.05, 3.63) is 75.6 Å². The molecule has 1 aromatic heterocycles. The quantitative estimate of drug-likeness (QED) is 0.380. The van der Waals surface area contributed by atoms with Crippen molar-refractivity contribution in [2.24, 2.45) is 0 Å². The number of aryl methyl sites for hydroxylation is 1. The second kappa shape index (κ2) is 7.36. The Morgan fingerprint density at radius 1 is 1.11 bits per heavy atom. The highest BCUT2D eigenvalue weighted by Crippen LogP contribution is 2.24. The van der Waals surface area contributed by atoms with Gasteiger partial charge < -0.3 is 9.15 Å². The van der Waals surface area contributed by atoms with Gasteiger partial charge >= 0.3 is 11.6 Å². The summed E-state index contributed by atoms with van der Waals surface area (Å²) in [7, 11) is -3.21. The normalized spacial score (nSPS) is 11.5. The first-order valence-corrected chi connectivity index (χ1v) is 10.4. The molecule has 27 heavy (non-hydrogen) atoms. The molecule has 0 aliphatic rings. The predicted molar refractivity (Wildman–Crippen MR) is 102 cm³/mol. The molecule has 0 N–H and O–H groups in total. The Morgan fingerprint density at radius 3 is 2.59 bits per heavy atom. The van der Waals surface area contributed by atoms with Crippen LogP contribution in [0.3, 0.4) is 0 Å². The maximum absolute atomic E-state index is 12.4. The van der Waals surface area contributed by atoms with Crippen molar-refractivity contribution in [1.82, 2.24) is 0 Å². The van der Waals surface area contributed by atoms with Crippen LogP contribution in [0.25, 0.3) is 11.0 Å². The molecule has 3 rings (SSSR count). The van der Waals surface area contributed by atoms with Crippen molar-refractivity contribution >= 4 is 26.8 Å². The summed E-state index contributed by atoms with van der Waals surface area (Å²) in [4.78, 5) is 24.0. The molecule has 0 unspecified atom stereocenters. The topological polar surface area (TPSA) is 90.7 Å². The zero-order valence-corrected chi connectivity index (χ0v) is 15.7. The third-order valence-electron chi connectivity index (χ3n) is 3.98. The van der Waals surface area contributed by atoms with E-state index in [1.165, 1.54) is 18.2 Å². The monoisotopic (exact) mass is 386 g/mol. The van der Waals surface area contributed by atoms with Gasteiger partial charge in [0.05, 0.1) is 11.3 Å². The summed E-state index contributed by atoms with van der Waals surface area (Å²) < 4.78 is 33.4. The van der Waals surface area contributed by atoms with E-state index in [9.17, 15) is 18.0 Å². The lowest BCUT2D eigenvalue weighted by molar-refractivity contribution is 0.0735. The van der Waals surface area contributed by atoms with Gasteiger partial charge in [0.1, 0.15) is 11.3 Å². The number of rotatable bonds is 5. The van der Waals surface area contributed by atoms with Crippen molar-refractivity contribution in [3.63, 3.8) is 0 Å². The Morgan fingerprint density at radius 2 is 1.89 bits per heavy atom. The van der Waals surface area contributed by atoms with Gasteiger partial charge in [0.25, 0.3) is 0 Å². The molecule has 0 amide bonds. The maximum atomic E-state index is 12.4. The maximum Gasteiger partial charge on any atom is 0.343 e. The average Bonchev–Trinajstić information content (AvgIpc) is 2.59. The Hall–Kier alpha value is -2.93. The minimum atomic E-state index is -3.21. The molecule has 0 atom stereocenters. The second-order valence-electron chi connectivity index (χ2n) is 6.26. The molecule has 0 spiro atoms. The zero-order chi connectivity index (χ0) is 19.6. The highest BCUT2D eigenvalue weighted by atomic mass is 32.2. The molecular weight excluding hydrogens is 368 g/mol. The van der Waals surface area contributed by atoms with Gasteiger partial charge in [-0.1, -0.05) is 19.1 Å². The van der Waals surface area contributed by atoms with E-state index in [-0.39, 0.29) is 17.1 Å². The fraction of sp³-hybridized carbons (Fsp3) is 0.200. The Bertz CT molecular complexity index is 1170. The van der Waals surface area contributed by atoms with Crippen LogP contribution < -0.4 is 10.4 Å². The van der Waals surface area contributed by atoms with E-state index in [1.807, 2.05) is 6.92 Å².